The lowest BCUT2D eigenvalue weighted by molar-refractivity contribution is -0.130. The molecule has 3 amide bonds. The highest BCUT2D eigenvalue weighted by Crippen LogP contribution is 2.34. The van der Waals surface area contributed by atoms with Crippen LogP contribution in [0.5, 0.6) is 5.75 Å². The Hall–Kier alpha value is -4.14. The molecule has 0 aliphatic carbocycles. The van der Waals surface area contributed by atoms with Gasteiger partial charge in [0, 0.05) is 18.3 Å². The lowest BCUT2D eigenvalue weighted by Gasteiger charge is -2.29. The third-order valence-corrected chi connectivity index (χ3v) is 6.71. The molecule has 0 radical (unpaired) electrons. The molecule has 36 heavy (non-hydrogen) atoms. The van der Waals surface area contributed by atoms with Crippen LogP contribution in [0.15, 0.2) is 54.6 Å². The zero-order valence-electron chi connectivity index (χ0n) is 20.3. The van der Waals surface area contributed by atoms with Crippen molar-refractivity contribution in [3.63, 3.8) is 0 Å². The van der Waals surface area contributed by atoms with Crippen LogP contribution >= 0.6 is 0 Å². The monoisotopic (exact) mass is 493 g/mol. The van der Waals surface area contributed by atoms with Crippen LogP contribution in [0, 0.1) is 5.82 Å². The number of carbonyl (C=O) groups excluding carboxylic acids is 2. The summed E-state index contributed by atoms with van der Waals surface area (Å²) in [7, 11) is 2.84. The van der Waals surface area contributed by atoms with Crippen molar-refractivity contribution in [3.8, 4) is 5.75 Å². The van der Waals surface area contributed by atoms with E-state index >= 15 is 0 Å². The van der Waals surface area contributed by atoms with Crippen molar-refractivity contribution in [2.24, 2.45) is 0 Å². The largest absolute Gasteiger partial charge is 0.496 e. The van der Waals surface area contributed by atoms with E-state index in [0.29, 0.717) is 29.5 Å². The Morgan fingerprint density at radius 2 is 1.97 bits per heavy atom. The highest BCUT2D eigenvalue weighted by molar-refractivity contribution is 6.02. The van der Waals surface area contributed by atoms with Crippen LogP contribution in [-0.4, -0.2) is 54.2 Å². The average Bonchev–Trinajstić information content (AvgIpc) is 2.99. The molecule has 1 aliphatic heterocycles. The van der Waals surface area contributed by atoms with Gasteiger partial charge in [0.05, 0.1) is 13.7 Å². The topological polar surface area (TPSA) is 99.2 Å². The number of nitrogens with one attached hydrogen (secondary N) is 1. The Bertz CT molecular complexity index is 1330. The van der Waals surface area contributed by atoms with Gasteiger partial charge in [-0.05, 0) is 60.4 Å². The van der Waals surface area contributed by atoms with Gasteiger partial charge in [-0.3, -0.25) is 14.5 Å². The zero-order valence-corrected chi connectivity index (χ0v) is 20.3. The molecule has 9 heteroatoms. The van der Waals surface area contributed by atoms with Gasteiger partial charge < -0.3 is 20.1 Å². The number of anilines is 1. The Labute approximate surface area is 208 Å². The smallest absolute Gasteiger partial charge is 0.407 e. The van der Waals surface area contributed by atoms with Gasteiger partial charge >= 0.3 is 6.09 Å². The molecule has 8 nitrogen and oxygen atoms in total. The third-order valence-electron chi connectivity index (χ3n) is 6.71. The highest BCUT2D eigenvalue weighted by atomic mass is 19.1. The number of fused-ring (bicyclic) bond motifs is 2. The number of hydrogen-bond acceptors (Lipinski definition) is 4. The number of nitrogens with zero attached hydrogens (tertiary/aromatic N) is 2. The lowest BCUT2D eigenvalue weighted by atomic mass is 10.0. The van der Waals surface area contributed by atoms with Crippen LogP contribution in [0.25, 0.3) is 10.8 Å². The molecule has 1 heterocycles. The van der Waals surface area contributed by atoms with E-state index in [9.17, 15) is 23.9 Å². The molecule has 0 saturated carbocycles. The first kappa shape index (κ1) is 25.0. The maximum Gasteiger partial charge on any atom is 0.407 e. The quantitative estimate of drug-likeness (QED) is 0.542. The number of ether oxygens (including phenoxy) is 1. The van der Waals surface area contributed by atoms with E-state index in [1.165, 1.54) is 33.2 Å². The molecule has 188 valence electrons. The Kier molecular flexibility index (Phi) is 7.10. The summed E-state index contributed by atoms with van der Waals surface area (Å²) in [6.45, 7) is 1.61. The molecule has 0 spiro atoms. The van der Waals surface area contributed by atoms with Crippen LogP contribution in [0.1, 0.15) is 24.5 Å². The summed E-state index contributed by atoms with van der Waals surface area (Å²) < 4.78 is 19.5. The number of methoxy groups -OCH3 is 1. The van der Waals surface area contributed by atoms with Gasteiger partial charge in [-0.1, -0.05) is 30.3 Å². The number of hydrogen-bond donors (Lipinski definition) is 2. The van der Waals surface area contributed by atoms with Gasteiger partial charge in [-0.2, -0.15) is 0 Å². The predicted octanol–water partition coefficient (Wildman–Crippen LogP) is 3.95. The van der Waals surface area contributed by atoms with Crippen molar-refractivity contribution in [1.82, 2.24) is 10.2 Å². The second-order valence-corrected chi connectivity index (χ2v) is 8.83. The minimum atomic E-state index is -1.24. The summed E-state index contributed by atoms with van der Waals surface area (Å²) in [5.41, 5.74) is 2.38. The molecule has 1 aliphatic rings. The maximum atomic E-state index is 13.9. The van der Waals surface area contributed by atoms with Gasteiger partial charge in [0.25, 0.3) is 0 Å². The first-order valence-corrected chi connectivity index (χ1v) is 11.6. The minimum absolute atomic E-state index is 0.138. The Balaban J connectivity index is 1.72. The summed E-state index contributed by atoms with van der Waals surface area (Å²) in [6.07, 6.45) is -0.331. The maximum absolute atomic E-state index is 13.9. The number of halogens is 1. The average molecular weight is 494 g/mol. The SMILES string of the molecule is COc1ccc2cc(F)ccc2c1CN1C(=O)[C@@H](NC(=O)[C@H](C)N(C)C(=O)O)CCc2ccccc21. The van der Waals surface area contributed by atoms with Crippen molar-refractivity contribution in [3.05, 3.63) is 71.5 Å². The summed E-state index contributed by atoms with van der Waals surface area (Å²) in [5.74, 6) is -0.680. The standard InChI is InChI=1S/C27H28FN3O5/c1-16(30(2)27(34)35)25(32)29-22-12-8-17-6-4-5-7-23(17)31(26(22)33)15-21-20-11-10-19(28)14-18(20)9-13-24(21)36-3/h4-7,9-11,13-14,16,22H,8,12,15H2,1-3H3,(H,29,32)(H,34,35)/t16-,22-/m0/s1. The van der Waals surface area contributed by atoms with Gasteiger partial charge in [-0.15, -0.1) is 0 Å². The molecule has 3 aromatic rings. The molecular formula is C27H28FN3O5. The van der Waals surface area contributed by atoms with Crippen LogP contribution in [0.3, 0.4) is 0 Å². The second-order valence-electron chi connectivity index (χ2n) is 8.83. The zero-order chi connectivity index (χ0) is 26.0. The Morgan fingerprint density at radius 1 is 1.22 bits per heavy atom. The molecule has 0 aromatic heterocycles. The van der Waals surface area contributed by atoms with E-state index in [1.54, 1.807) is 23.1 Å². The number of para-hydroxylation sites is 1. The number of carboxylic acid groups (broad SMARTS) is 1. The van der Waals surface area contributed by atoms with Crippen LogP contribution in [-0.2, 0) is 22.6 Å². The van der Waals surface area contributed by atoms with E-state index in [-0.39, 0.29) is 18.3 Å². The summed E-state index contributed by atoms with van der Waals surface area (Å²) >= 11 is 0. The van der Waals surface area contributed by atoms with Crippen molar-refractivity contribution in [2.45, 2.75) is 38.4 Å². The molecular weight excluding hydrogens is 465 g/mol. The van der Waals surface area contributed by atoms with Gasteiger partial charge in [0.15, 0.2) is 0 Å². The first-order valence-electron chi connectivity index (χ1n) is 11.6. The fourth-order valence-corrected chi connectivity index (χ4v) is 4.50. The summed E-state index contributed by atoms with van der Waals surface area (Å²) in [5, 5.41) is 13.4. The second kappa shape index (κ2) is 10.2. The van der Waals surface area contributed by atoms with Crippen molar-refractivity contribution in [1.29, 1.82) is 0 Å². The van der Waals surface area contributed by atoms with Gasteiger partial charge in [0.1, 0.15) is 23.7 Å². The van der Waals surface area contributed by atoms with Crippen LogP contribution in [0.2, 0.25) is 0 Å². The fraction of sp³-hybridized carbons (Fsp3) is 0.296. The first-order chi connectivity index (χ1) is 17.2. The lowest BCUT2D eigenvalue weighted by Crippen LogP contribution is -2.53. The number of likely N-dealkylation sites (N-methyl/N-ethyl adjacent to an activating group) is 1. The summed E-state index contributed by atoms with van der Waals surface area (Å²) in [6, 6.07) is 13.7. The number of benzene rings is 3. The van der Waals surface area contributed by atoms with Crippen LogP contribution in [0.4, 0.5) is 14.9 Å². The van der Waals surface area contributed by atoms with E-state index in [2.05, 4.69) is 5.32 Å². The molecule has 3 aromatic carbocycles. The van der Waals surface area contributed by atoms with E-state index < -0.39 is 24.1 Å². The minimum Gasteiger partial charge on any atom is -0.496 e. The summed E-state index contributed by atoms with van der Waals surface area (Å²) in [4.78, 5) is 40.4. The normalized spacial score (nSPS) is 16.2. The van der Waals surface area contributed by atoms with E-state index in [4.69, 9.17) is 4.74 Å². The Morgan fingerprint density at radius 3 is 2.69 bits per heavy atom. The van der Waals surface area contributed by atoms with Gasteiger partial charge in [0.2, 0.25) is 11.8 Å². The highest BCUT2D eigenvalue weighted by Gasteiger charge is 2.34. The van der Waals surface area contributed by atoms with Gasteiger partial charge in [-0.25, -0.2) is 9.18 Å². The molecule has 2 N–H and O–H groups in total. The van der Waals surface area contributed by atoms with E-state index in [0.717, 1.165) is 21.5 Å². The molecule has 4 rings (SSSR count). The van der Waals surface area contributed by atoms with Crippen molar-refractivity contribution in [2.75, 3.05) is 19.1 Å². The molecule has 0 unspecified atom stereocenters. The number of aryl methyl sites for hydroxylation is 1. The van der Waals surface area contributed by atoms with Crippen molar-refractivity contribution < 1.29 is 28.6 Å². The molecule has 2 atom stereocenters. The fourth-order valence-electron chi connectivity index (χ4n) is 4.50. The van der Waals surface area contributed by atoms with E-state index in [1.807, 2.05) is 24.3 Å². The number of rotatable bonds is 6. The van der Waals surface area contributed by atoms with Crippen LogP contribution < -0.4 is 15.0 Å². The number of carbonyl (C=O) groups is 3. The third kappa shape index (κ3) is 4.82. The van der Waals surface area contributed by atoms with Crippen molar-refractivity contribution >= 4 is 34.4 Å². The molecule has 0 saturated heterocycles. The molecule has 0 fully saturated rings. The predicted molar refractivity (Wildman–Crippen MR) is 134 cm³/mol. The number of amides is 3. The molecule has 0 bridgehead atoms.